The van der Waals surface area contributed by atoms with E-state index in [1.807, 2.05) is 6.92 Å². The predicted molar refractivity (Wildman–Crippen MR) is 80.1 cm³/mol. The van der Waals surface area contributed by atoms with Gasteiger partial charge in [-0.25, -0.2) is 0 Å². The summed E-state index contributed by atoms with van der Waals surface area (Å²) in [6.07, 6.45) is 6.60. The minimum absolute atomic E-state index is 0.126. The SMILES string of the molecule is CCC(=O)Nc1cncc(C(=O)Nc2ccncc2C)c1. The van der Waals surface area contributed by atoms with Gasteiger partial charge in [-0.1, -0.05) is 6.92 Å². The Labute approximate surface area is 122 Å². The number of nitrogens with one attached hydrogen (secondary N) is 2. The number of nitrogens with zero attached hydrogens (tertiary/aromatic N) is 2. The van der Waals surface area contributed by atoms with Crippen molar-refractivity contribution in [2.24, 2.45) is 0 Å². The molecule has 6 nitrogen and oxygen atoms in total. The van der Waals surface area contributed by atoms with E-state index in [1.165, 1.54) is 12.4 Å². The molecule has 0 saturated heterocycles. The highest BCUT2D eigenvalue weighted by Crippen LogP contribution is 2.15. The number of aryl methyl sites for hydroxylation is 1. The van der Waals surface area contributed by atoms with Gasteiger partial charge in [0.25, 0.3) is 5.91 Å². The van der Waals surface area contributed by atoms with Crippen molar-refractivity contribution in [2.45, 2.75) is 20.3 Å². The lowest BCUT2D eigenvalue weighted by Crippen LogP contribution is -2.15. The molecule has 2 amide bonds. The molecule has 0 bridgehead atoms. The van der Waals surface area contributed by atoms with Crippen LogP contribution in [0, 0.1) is 6.92 Å². The number of hydrogen-bond donors (Lipinski definition) is 2. The third-order valence-corrected chi connectivity index (χ3v) is 2.87. The summed E-state index contributed by atoms with van der Waals surface area (Å²) in [6.45, 7) is 3.62. The molecule has 0 aliphatic carbocycles. The molecule has 2 heterocycles. The van der Waals surface area contributed by atoms with Crippen LogP contribution in [0.2, 0.25) is 0 Å². The molecule has 0 saturated carbocycles. The van der Waals surface area contributed by atoms with Crippen LogP contribution < -0.4 is 10.6 Å². The second-order valence-electron chi connectivity index (χ2n) is 4.51. The molecule has 6 heteroatoms. The number of rotatable bonds is 4. The van der Waals surface area contributed by atoms with E-state index < -0.39 is 0 Å². The summed E-state index contributed by atoms with van der Waals surface area (Å²) in [5.41, 5.74) is 2.44. The Hall–Kier alpha value is -2.76. The van der Waals surface area contributed by atoms with Gasteiger partial charge in [0.1, 0.15) is 0 Å². The van der Waals surface area contributed by atoms with Gasteiger partial charge < -0.3 is 10.6 Å². The molecule has 0 aliphatic rings. The van der Waals surface area contributed by atoms with Gasteiger partial charge in [0.15, 0.2) is 0 Å². The number of amides is 2. The summed E-state index contributed by atoms with van der Waals surface area (Å²) >= 11 is 0. The first kappa shape index (κ1) is 14.6. The molecule has 0 spiro atoms. The number of anilines is 2. The van der Waals surface area contributed by atoms with Crippen LogP contribution in [0.25, 0.3) is 0 Å². The van der Waals surface area contributed by atoms with E-state index >= 15 is 0 Å². The van der Waals surface area contributed by atoms with Crippen molar-refractivity contribution < 1.29 is 9.59 Å². The number of aromatic nitrogens is 2. The minimum Gasteiger partial charge on any atom is -0.325 e. The maximum absolute atomic E-state index is 12.2. The molecule has 21 heavy (non-hydrogen) atoms. The number of pyridine rings is 2. The first-order valence-electron chi connectivity index (χ1n) is 6.57. The van der Waals surface area contributed by atoms with Gasteiger partial charge in [-0.05, 0) is 24.6 Å². The highest BCUT2D eigenvalue weighted by Gasteiger charge is 2.09. The Morgan fingerprint density at radius 1 is 1.14 bits per heavy atom. The zero-order valence-corrected chi connectivity index (χ0v) is 11.9. The minimum atomic E-state index is -0.288. The van der Waals surface area contributed by atoms with E-state index in [0.717, 1.165) is 5.56 Å². The Balaban J connectivity index is 2.14. The van der Waals surface area contributed by atoms with E-state index in [9.17, 15) is 9.59 Å². The summed E-state index contributed by atoms with van der Waals surface area (Å²) in [5.74, 6) is -0.413. The summed E-state index contributed by atoms with van der Waals surface area (Å²) < 4.78 is 0. The van der Waals surface area contributed by atoms with E-state index in [1.54, 1.807) is 31.5 Å². The number of hydrogen-bond acceptors (Lipinski definition) is 4. The van der Waals surface area contributed by atoms with Crippen LogP contribution in [0.1, 0.15) is 29.3 Å². The summed E-state index contributed by atoms with van der Waals surface area (Å²) in [6, 6.07) is 3.32. The van der Waals surface area contributed by atoms with E-state index in [2.05, 4.69) is 20.6 Å². The van der Waals surface area contributed by atoms with Crippen LogP contribution >= 0.6 is 0 Å². The molecular weight excluding hydrogens is 268 g/mol. The Morgan fingerprint density at radius 2 is 1.95 bits per heavy atom. The van der Waals surface area contributed by atoms with Crippen LogP contribution in [-0.2, 0) is 4.79 Å². The van der Waals surface area contributed by atoms with E-state index in [4.69, 9.17) is 0 Å². The van der Waals surface area contributed by atoms with E-state index in [-0.39, 0.29) is 11.8 Å². The largest absolute Gasteiger partial charge is 0.325 e. The van der Waals surface area contributed by atoms with Gasteiger partial charge in [-0.3, -0.25) is 19.6 Å². The monoisotopic (exact) mass is 284 g/mol. The molecule has 0 unspecified atom stereocenters. The average molecular weight is 284 g/mol. The fourth-order valence-electron chi connectivity index (χ4n) is 1.69. The molecule has 0 atom stereocenters. The van der Waals surface area contributed by atoms with Crippen molar-refractivity contribution in [3.8, 4) is 0 Å². The first-order chi connectivity index (χ1) is 10.1. The maximum atomic E-state index is 12.2. The van der Waals surface area contributed by atoms with Crippen molar-refractivity contribution in [3.05, 3.63) is 48.0 Å². The quantitative estimate of drug-likeness (QED) is 0.902. The second-order valence-corrected chi connectivity index (χ2v) is 4.51. The van der Waals surface area contributed by atoms with Gasteiger partial charge >= 0.3 is 0 Å². The average Bonchev–Trinajstić information content (AvgIpc) is 2.49. The van der Waals surface area contributed by atoms with Crippen molar-refractivity contribution in [1.82, 2.24) is 9.97 Å². The fourth-order valence-corrected chi connectivity index (χ4v) is 1.69. The van der Waals surface area contributed by atoms with E-state index in [0.29, 0.717) is 23.4 Å². The normalized spacial score (nSPS) is 10.0. The molecule has 2 aromatic rings. The predicted octanol–water partition coefficient (Wildman–Crippen LogP) is 2.39. The van der Waals surface area contributed by atoms with Crippen LogP contribution in [0.15, 0.2) is 36.9 Å². The Kier molecular flexibility index (Phi) is 4.61. The molecule has 0 radical (unpaired) electrons. The number of carbonyl (C=O) groups excluding carboxylic acids is 2. The highest BCUT2D eigenvalue weighted by atomic mass is 16.2. The van der Waals surface area contributed by atoms with Crippen LogP contribution in [0.5, 0.6) is 0 Å². The molecular formula is C15H16N4O2. The van der Waals surface area contributed by atoms with Gasteiger partial charge in [-0.2, -0.15) is 0 Å². The van der Waals surface area contributed by atoms with Crippen molar-refractivity contribution in [3.63, 3.8) is 0 Å². The molecule has 0 fully saturated rings. The van der Waals surface area contributed by atoms with Gasteiger partial charge in [0.2, 0.25) is 5.91 Å². The first-order valence-corrected chi connectivity index (χ1v) is 6.57. The third kappa shape index (κ3) is 3.85. The fraction of sp³-hybridized carbons (Fsp3) is 0.200. The third-order valence-electron chi connectivity index (χ3n) is 2.87. The molecule has 2 aromatic heterocycles. The smallest absolute Gasteiger partial charge is 0.257 e. The topological polar surface area (TPSA) is 84.0 Å². The zero-order valence-electron chi connectivity index (χ0n) is 11.9. The van der Waals surface area contributed by atoms with Crippen molar-refractivity contribution in [1.29, 1.82) is 0 Å². The standard InChI is InChI=1S/C15H16N4O2/c1-3-14(20)18-12-6-11(8-17-9-12)15(21)19-13-4-5-16-7-10(13)2/h4-9H,3H2,1-2H3,(H,18,20)(H,16,19,21). The van der Waals surface area contributed by atoms with Crippen LogP contribution in [0.3, 0.4) is 0 Å². The lowest BCUT2D eigenvalue weighted by Gasteiger charge is -2.09. The van der Waals surface area contributed by atoms with Crippen molar-refractivity contribution >= 4 is 23.2 Å². The van der Waals surface area contributed by atoms with Crippen LogP contribution in [-0.4, -0.2) is 21.8 Å². The lowest BCUT2D eigenvalue weighted by molar-refractivity contribution is -0.115. The summed E-state index contributed by atoms with van der Waals surface area (Å²) in [7, 11) is 0. The summed E-state index contributed by atoms with van der Waals surface area (Å²) in [4.78, 5) is 31.5. The Bertz CT molecular complexity index is 670. The highest BCUT2D eigenvalue weighted by molar-refractivity contribution is 6.05. The van der Waals surface area contributed by atoms with Gasteiger partial charge in [0.05, 0.1) is 17.4 Å². The second kappa shape index (κ2) is 6.60. The van der Waals surface area contributed by atoms with Crippen molar-refractivity contribution in [2.75, 3.05) is 10.6 Å². The number of carbonyl (C=O) groups is 2. The van der Waals surface area contributed by atoms with Crippen LogP contribution in [0.4, 0.5) is 11.4 Å². The molecule has 0 aliphatic heterocycles. The van der Waals surface area contributed by atoms with Gasteiger partial charge in [-0.15, -0.1) is 0 Å². The molecule has 0 aromatic carbocycles. The van der Waals surface area contributed by atoms with Gasteiger partial charge in [0, 0.05) is 30.7 Å². The molecule has 108 valence electrons. The zero-order chi connectivity index (χ0) is 15.2. The maximum Gasteiger partial charge on any atom is 0.257 e. The Morgan fingerprint density at radius 3 is 2.67 bits per heavy atom. The lowest BCUT2D eigenvalue weighted by atomic mass is 10.2. The molecule has 2 N–H and O–H groups in total. The summed E-state index contributed by atoms with van der Waals surface area (Å²) in [5, 5.41) is 5.46. The molecule has 2 rings (SSSR count).